The molecule has 234 valence electrons. The van der Waals surface area contributed by atoms with Gasteiger partial charge < -0.3 is 33.5 Å². The summed E-state index contributed by atoms with van der Waals surface area (Å²) < 4.78 is 35.0. The largest absolute Gasteiger partial charge is 0.493 e. The maximum atomic E-state index is 14.2. The topological polar surface area (TPSA) is 123 Å². The van der Waals surface area contributed by atoms with Gasteiger partial charge in [0.25, 0.3) is 5.56 Å². The number of benzene rings is 3. The standard InChI is InChI=1S/C33H32ClN3O8/c1-40-24-16-20(17-25(41-2)32(24)42-3)35-27(38)15-19-8-6-9-21(14-19)37-23-11-7-10-22(34)29(23)31-30(33(37)39)26(45-36-31)18-44-28-12-4-5-13-43-28/h6-11,14,16-17,28H,4-5,12-13,15,18H2,1-3H3,(H,35,38). The molecule has 1 N–H and O–H groups in total. The highest BCUT2D eigenvalue weighted by atomic mass is 35.5. The Morgan fingerprint density at radius 3 is 2.51 bits per heavy atom. The van der Waals surface area contributed by atoms with Crippen molar-refractivity contribution in [2.24, 2.45) is 0 Å². The highest BCUT2D eigenvalue weighted by Gasteiger charge is 2.24. The van der Waals surface area contributed by atoms with E-state index in [0.29, 0.717) is 68.0 Å². The Morgan fingerprint density at radius 1 is 1.02 bits per heavy atom. The number of hydrogen-bond donors (Lipinski definition) is 1. The monoisotopic (exact) mass is 633 g/mol. The van der Waals surface area contributed by atoms with Crippen molar-refractivity contribution in [3.8, 4) is 22.9 Å². The molecule has 45 heavy (non-hydrogen) atoms. The molecule has 1 atom stereocenters. The number of halogens is 1. The summed E-state index contributed by atoms with van der Waals surface area (Å²) in [5.41, 5.74) is 2.28. The molecule has 1 aliphatic rings. The molecule has 3 heterocycles. The number of carbonyl (C=O) groups is 1. The molecule has 0 radical (unpaired) electrons. The number of pyridine rings is 1. The minimum absolute atomic E-state index is 0.0213. The Balaban J connectivity index is 1.34. The molecule has 12 heteroatoms. The van der Waals surface area contributed by atoms with Crippen LogP contribution < -0.4 is 25.1 Å². The molecule has 0 aliphatic carbocycles. The Morgan fingerprint density at radius 2 is 1.80 bits per heavy atom. The molecule has 0 bridgehead atoms. The molecule has 3 aromatic carbocycles. The second-order valence-corrected chi connectivity index (χ2v) is 10.9. The van der Waals surface area contributed by atoms with Crippen LogP contribution >= 0.6 is 11.6 Å². The molecule has 1 unspecified atom stereocenters. The molecule has 0 spiro atoms. The number of methoxy groups -OCH3 is 3. The predicted octanol–water partition coefficient (Wildman–Crippen LogP) is 6.04. The Hall–Kier alpha value is -4.58. The number of nitrogens with one attached hydrogen (secondary N) is 1. The zero-order valence-corrected chi connectivity index (χ0v) is 25.8. The van der Waals surface area contributed by atoms with E-state index in [1.807, 2.05) is 6.07 Å². The first-order chi connectivity index (χ1) is 21.9. The van der Waals surface area contributed by atoms with Gasteiger partial charge in [0.05, 0.1) is 38.3 Å². The molecule has 6 rings (SSSR count). The highest BCUT2D eigenvalue weighted by Crippen LogP contribution is 2.40. The van der Waals surface area contributed by atoms with E-state index in [9.17, 15) is 9.59 Å². The Bertz CT molecular complexity index is 1900. The van der Waals surface area contributed by atoms with Crippen molar-refractivity contribution >= 4 is 45.0 Å². The molecular weight excluding hydrogens is 602 g/mol. The minimum Gasteiger partial charge on any atom is -0.493 e. The fourth-order valence-electron chi connectivity index (χ4n) is 5.59. The van der Waals surface area contributed by atoms with E-state index in [4.69, 9.17) is 39.8 Å². The number of aromatic nitrogens is 2. The molecule has 1 aliphatic heterocycles. The van der Waals surface area contributed by atoms with Crippen LogP contribution in [0, 0.1) is 0 Å². The fourth-order valence-corrected chi connectivity index (χ4v) is 5.84. The van der Waals surface area contributed by atoms with Crippen LogP contribution in [-0.2, 0) is 27.3 Å². The summed E-state index contributed by atoms with van der Waals surface area (Å²) in [7, 11) is 4.52. The SMILES string of the molecule is COc1cc(NC(=O)Cc2cccc(-n3c(=O)c4c(COC5CCCCO5)onc4c4c(Cl)cccc43)c2)cc(OC)c1OC. The van der Waals surface area contributed by atoms with Gasteiger partial charge in [-0.05, 0) is 49.1 Å². The third-order valence-electron chi connectivity index (χ3n) is 7.67. The number of anilines is 1. The average Bonchev–Trinajstić information content (AvgIpc) is 3.48. The van der Waals surface area contributed by atoms with Crippen LogP contribution in [-0.4, -0.2) is 49.9 Å². The lowest BCUT2D eigenvalue weighted by Crippen LogP contribution is -2.23. The molecular formula is C33H32ClN3O8. The van der Waals surface area contributed by atoms with Crippen molar-refractivity contribution in [1.82, 2.24) is 9.72 Å². The second kappa shape index (κ2) is 13.2. The first kappa shape index (κ1) is 30.4. The summed E-state index contributed by atoms with van der Waals surface area (Å²) >= 11 is 6.67. The zero-order valence-electron chi connectivity index (χ0n) is 25.1. The van der Waals surface area contributed by atoms with Crippen LogP contribution in [0.1, 0.15) is 30.6 Å². The van der Waals surface area contributed by atoms with Gasteiger partial charge in [0, 0.05) is 35.5 Å². The van der Waals surface area contributed by atoms with Crippen LogP contribution in [0.5, 0.6) is 17.2 Å². The van der Waals surface area contributed by atoms with Gasteiger partial charge in [-0.2, -0.15) is 0 Å². The number of nitrogens with zero attached hydrogens (tertiary/aromatic N) is 2. The minimum atomic E-state index is -0.368. The van der Waals surface area contributed by atoms with Gasteiger partial charge in [0.1, 0.15) is 17.5 Å². The van der Waals surface area contributed by atoms with E-state index < -0.39 is 0 Å². The lowest BCUT2D eigenvalue weighted by molar-refractivity contribution is -0.171. The van der Waals surface area contributed by atoms with Gasteiger partial charge in [-0.15, -0.1) is 0 Å². The number of amides is 1. The van der Waals surface area contributed by atoms with E-state index >= 15 is 0 Å². The summed E-state index contributed by atoms with van der Waals surface area (Å²) in [4.78, 5) is 27.3. The average molecular weight is 634 g/mol. The van der Waals surface area contributed by atoms with E-state index in [-0.39, 0.29) is 36.2 Å². The highest BCUT2D eigenvalue weighted by molar-refractivity contribution is 6.37. The maximum absolute atomic E-state index is 14.2. The summed E-state index contributed by atoms with van der Waals surface area (Å²) in [6.45, 7) is 0.652. The number of fused-ring (bicyclic) bond motifs is 3. The van der Waals surface area contributed by atoms with Crippen molar-refractivity contribution < 1.29 is 33.0 Å². The number of ether oxygens (including phenoxy) is 5. The Labute approximate surface area is 263 Å². The molecule has 11 nitrogen and oxygen atoms in total. The number of rotatable bonds is 10. The third-order valence-corrected chi connectivity index (χ3v) is 7.98. The summed E-state index contributed by atoms with van der Waals surface area (Å²) in [5.74, 6) is 1.27. The lowest BCUT2D eigenvalue weighted by Gasteiger charge is -2.22. The Kier molecular flexibility index (Phi) is 8.92. The maximum Gasteiger partial charge on any atom is 0.268 e. The molecule has 1 fully saturated rings. The van der Waals surface area contributed by atoms with Crippen molar-refractivity contribution in [1.29, 1.82) is 0 Å². The van der Waals surface area contributed by atoms with E-state index in [2.05, 4.69) is 10.5 Å². The molecule has 1 saturated heterocycles. The second-order valence-electron chi connectivity index (χ2n) is 10.5. The number of carbonyl (C=O) groups excluding carboxylic acids is 1. The summed E-state index contributed by atoms with van der Waals surface area (Å²) in [6.07, 6.45) is 2.43. The van der Waals surface area contributed by atoms with E-state index in [1.165, 1.54) is 21.3 Å². The summed E-state index contributed by atoms with van der Waals surface area (Å²) in [5, 5.41) is 8.38. The zero-order chi connectivity index (χ0) is 31.5. The quantitative estimate of drug-likeness (QED) is 0.196. The predicted molar refractivity (Wildman–Crippen MR) is 169 cm³/mol. The van der Waals surface area contributed by atoms with Gasteiger partial charge >= 0.3 is 0 Å². The van der Waals surface area contributed by atoms with Gasteiger partial charge in [0.2, 0.25) is 11.7 Å². The third kappa shape index (κ3) is 6.06. The summed E-state index contributed by atoms with van der Waals surface area (Å²) in [6, 6.07) is 15.8. The fraction of sp³-hybridized carbons (Fsp3) is 0.303. The van der Waals surface area contributed by atoms with Gasteiger partial charge in [-0.1, -0.05) is 35.0 Å². The lowest BCUT2D eigenvalue weighted by atomic mass is 10.1. The van der Waals surface area contributed by atoms with Crippen molar-refractivity contribution in [2.75, 3.05) is 33.3 Å². The first-order valence-electron chi connectivity index (χ1n) is 14.5. The molecule has 5 aromatic rings. The van der Waals surface area contributed by atoms with Crippen molar-refractivity contribution in [3.63, 3.8) is 0 Å². The molecule has 2 aromatic heterocycles. The smallest absolute Gasteiger partial charge is 0.268 e. The van der Waals surface area contributed by atoms with Gasteiger partial charge in [-0.25, -0.2) is 0 Å². The van der Waals surface area contributed by atoms with Gasteiger partial charge in [0.15, 0.2) is 23.5 Å². The molecule has 1 amide bonds. The number of hydrogen-bond acceptors (Lipinski definition) is 9. The van der Waals surface area contributed by atoms with E-state index in [0.717, 1.165) is 19.3 Å². The van der Waals surface area contributed by atoms with Crippen molar-refractivity contribution in [2.45, 2.75) is 38.6 Å². The van der Waals surface area contributed by atoms with Crippen LogP contribution in [0.2, 0.25) is 5.02 Å². The first-order valence-corrected chi connectivity index (χ1v) is 14.8. The van der Waals surface area contributed by atoms with Crippen LogP contribution in [0.15, 0.2) is 63.9 Å². The molecule has 0 saturated carbocycles. The van der Waals surface area contributed by atoms with Gasteiger partial charge in [-0.3, -0.25) is 14.2 Å². The van der Waals surface area contributed by atoms with E-state index in [1.54, 1.807) is 53.1 Å². The normalized spacial score (nSPS) is 14.9. The van der Waals surface area contributed by atoms with Crippen molar-refractivity contribution in [3.05, 3.63) is 81.3 Å². The van der Waals surface area contributed by atoms with Crippen LogP contribution in [0.3, 0.4) is 0 Å². The van der Waals surface area contributed by atoms with Crippen LogP contribution in [0.4, 0.5) is 5.69 Å². The van der Waals surface area contributed by atoms with Crippen LogP contribution in [0.25, 0.3) is 27.5 Å².